The number of aryl methyl sites for hydroxylation is 1. The summed E-state index contributed by atoms with van der Waals surface area (Å²) in [5.41, 5.74) is 1.12. The average Bonchev–Trinajstić information content (AvgIpc) is 2.35. The highest BCUT2D eigenvalue weighted by Gasteiger charge is 2.15. The van der Waals surface area contributed by atoms with Crippen LogP contribution >= 0.6 is 11.6 Å². The van der Waals surface area contributed by atoms with Crippen LogP contribution in [0.1, 0.15) is 12.5 Å². The third-order valence-corrected chi connectivity index (χ3v) is 2.60. The van der Waals surface area contributed by atoms with Crippen molar-refractivity contribution >= 4 is 17.6 Å². The summed E-state index contributed by atoms with van der Waals surface area (Å²) < 4.78 is 10.5. The van der Waals surface area contributed by atoms with E-state index in [0.717, 1.165) is 12.0 Å². The van der Waals surface area contributed by atoms with Crippen molar-refractivity contribution in [3.05, 3.63) is 23.8 Å². The van der Waals surface area contributed by atoms with E-state index in [4.69, 9.17) is 26.2 Å². The van der Waals surface area contributed by atoms with Crippen LogP contribution in [0.25, 0.3) is 0 Å². The molecule has 0 aliphatic carbocycles. The first-order valence-corrected chi connectivity index (χ1v) is 5.68. The second-order valence-corrected chi connectivity index (χ2v) is 3.98. The molecule has 0 amide bonds. The number of halogens is 1. The van der Waals surface area contributed by atoms with E-state index in [9.17, 15) is 4.79 Å². The summed E-state index contributed by atoms with van der Waals surface area (Å²) >= 11 is 5.55. The molecule has 0 saturated heterocycles. The van der Waals surface area contributed by atoms with Crippen molar-refractivity contribution in [3.8, 4) is 11.5 Å². The van der Waals surface area contributed by atoms with Gasteiger partial charge in [-0.1, -0.05) is 13.0 Å². The first-order chi connectivity index (χ1) is 8.08. The first-order valence-electron chi connectivity index (χ1n) is 5.25. The number of carboxylic acid groups (broad SMARTS) is 1. The van der Waals surface area contributed by atoms with Gasteiger partial charge < -0.3 is 14.6 Å². The Bertz CT molecular complexity index is 392. The van der Waals surface area contributed by atoms with Crippen molar-refractivity contribution in [2.45, 2.75) is 18.7 Å². The normalized spacial score (nSPS) is 11.9. The molecule has 0 fully saturated rings. The second kappa shape index (κ2) is 6.35. The molecule has 94 valence electrons. The molecule has 0 bridgehead atoms. The largest absolute Gasteiger partial charge is 0.493 e. The number of hydrogen-bond donors (Lipinski definition) is 1. The zero-order valence-corrected chi connectivity index (χ0v) is 10.5. The van der Waals surface area contributed by atoms with Crippen LogP contribution in [-0.4, -0.2) is 30.2 Å². The number of ether oxygens (including phenoxy) is 2. The molecule has 0 aromatic heterocycles. The quantitative estimate of drug-likeness (QED) is 0.796. The molecule has 5 heteroatoms. The molecule has 1 N–H and O–H groups in total. The number of carbonyl (C=O) groups is 1. The predicted octanol–water partition coefficient (Wildman–Crippen LogP) is 2.33. The third-order valence-electron chi connectivity index (χ3n) is 2.29. The Morgan fingerprint density at radius 1 is 1.47 bits per heavy atom. The van der Waals surface area contributed by atoms with Crippen molar-refractivity contribution in [3.63, 3.8) is 0 Å². The smallest absolute Gasteiger partial charge is 0.325 e. The van der Waals surface area contributed by atoms with E-state index in [1.54, 1.807) is 6.07 Å². The Balaban J connectivity index is 2.73. The number of methoxy groups -OCH3 is 1. The molecule has 1 unspecified atom stereocenters. The average molecular weight is 259 g/mol. The molecule has 0 heterocycles. The van der Waals surface area contributed by atoms with Gasteiger partial charge in [0.2, 0.25) is 0 Å². The number of benzene rings is 1. The summed E-state index contributed by atoms with van der Waals surface area (Å²) in [6.07, 6.45) is 0.893. The molecule has 17 heavy (non-hydrogen) atoms. The van der Waals surface area contributed by atoms with Gasteiger partial charge in [-0.25, -0.2) is 0 Å². The Morgan fingerprint density at radius 3 is 2.71 bits per heavy atom. The van der Waals surface area contributed by atoms with Gasteiger partial charge in [0, 0.05) is 0 Å². The van der Waals surface area contributed by atoms with Crippen molar-refractivity contribution in [2.75, 3.05) is 13.7 Å². The van der Waals surface area contributed by atoms with E-state index < -0.39 is 11.3 Å². The molecular weight excluding hydrogens is 244 g/mol. The minimum atomic E-state index is -1.10. The molecule has 0 aliphatic rings. The predicted molar refractivity (Wildman–Crippen MR) is 65.1 cm³/mol. The Morgan fingerprint density at radius 2 is 2.18 bits per heavy atom. The number of aliphatic carboxylic acids is 1. The van der Waals surface area contributed by atoms with Crippen LogP contribution in [0.2, 0.25) is 0 Å². The summed E-state index contributed by atoms with van der Waals surface area (Å²) in [7, 11) is 1.54. The standard InChI is InChI=1S/C12H15ClO4/c1-3-8-4-5-10(11(6-8)16-2)17-7-9(13)12(14)15/h4-6,9H,3,7H2,1-2H3,(H,14,15). The van der Waals surface area contributed by atoms with E-state index in [1.165, 1.54) is 7.11 Å². The van der Waals surface area contributed by atoms with E-state index in [1.807, 2.05) is 19.1 Å². The molecule has 1 aromatic carbocycles. The molecule has 0 spiro atoms. The zero-order chi connectivity index (χ0) is 12.8. The van der Waals surface area contributed by atoms with Crippen LogP contribution in [0.3, 0.4) is 0 Å². The number of carboxylic acids is 1. The minimum Gasteiger partial charge on any atom is -0.493 e. The lowest BCUT2D eigenvalue weighted by molar-refractivity contribution is -0.137. The Kier molecular flexibility index (Phi) is 5.10. The van der Waals surface area contributed by atoms with Gasteiger partial charge in [-0.15, -0.1) is 11.6 Å². The topological polar surface area (TPSA) is 55.8 Å². The van der Waals surface area contributed by atoms with Crippen molar-refractivity contribution in [2.24, 2.45) is 0 Å². The van der Waals surface area contributed by atoms with E-state index in [2.05, 4.69) is 0 Å². The van der Waals surface area contributed by atoms with E-state index in [-0.39, 0.29) is 6.61 Å². The highest BCUT2D eigenvalue weighted by molar-refractivity contribution is 6.29. The maximum Gasteiger partial charge on any atom is 0.325 e. The van der Waals surface area contributed by atoms with Crippen molar-refractivity contribution < 1.29 is 19.4 Å². The summed E-state index contributed by atoms with van der Waals surface area (Å²) in [6, 6.07) is 5.52. The lowest BCUT2D eigenvalue weighted by Crippen LogP contribution is -2.21. The number of rotatable bonds is 6. The SMILES string of the molecule is CCc1ccc(OCC(Cl)C(=O)O)c(OC)c1. The molecule has 0 radical (unpaired) electrons. The Hall–Kier alpha value is -1.42. The summed E-state index contributed by atoms with van der Waals surface area (Å²) in [5, 5.41) is 7.56. The monoisotopic (exact) mass is 258 g/mol. The van der Waals surface area contributed by atoms with Gasteiger partial charge in [0.05, 0.1) is 7.11 Å². The van der Waals surface area contributed by atoms with Gasteiger partial charge in [0.25, 0.3) is 0 Å². The summed E-state index contributed by atoms with van der Waals surface area (Å²) in [6.45, 7) is 1.94. The lowest BCUT2D eigenvalue weighted by Gasteiger charge is -2.12. The molecule has 4 nitrogen and oxygen atoms in total. The third kappa shape index (κ3) is 3.82. The lowest BCUT2D eigenvalue weighted by atomic mass is 10.1. The van der Waals surface area contributed by atoms with Gasteiger partial charge in [-0.05, 0) is 24.1 Å². The van der Waals surface area contributed by atoms with Crippen LogP contribution in [-0.2, 0) is 11.2 Å². The molecule has 0 aliphatic heterocycles. The second-order valence-electron chi connectivity index (χ2n) is 3.46. The maximum atomic E-state index is 10.5. The van der Waals surface area contributed by atoms with Gasteiger partial charge >= 0.3 is 5.97 Å². The van der Waals surface area contributed by atoms with Crippen LogP contribution in [0, 0.1) is 0 Å². The minimum absolute atomic E-state index is 0.0985. The molecular formula is C12H15ClO4. The molecule has 1 aromatic rings. The fraction of sp³-hybridized carbons (Fsp3) is 0.417. The summed E-state index contributed by atoms with van der Waals surface area (Å²) in [4.78, 5) is 10.5. The summed E-state index contributed by atoms with van der Waals surface area (Å²) in [5.74, 6) is -0.0222. The number of hydrogen-bond acceptors (Lipinski definition) is 3. The maximum absolute atomic E-state index is 10.5. The van der Waals surface area contributed by atoms with Crippen molar-refractivity contribution in [1.82, 2.24) is 0 Å². The fourth-order valence-corrected chi connectivity index (χ4v) is 1.35. The van der Waals surface area contributed by atoms with Crippen LogP contribution in [0.5, 0.6) is 11.5 Å². The van der Waals surface area contributed by atoms with Gasteiger partial charge in [-0.2, -0.15) is 0 Å². The van der Waals surface area contributed by atoms with Crippen LogP contribution in [0.4, 0.5) is 0 Å². The molecule has 1 atom stereocenters. The van der Waals surface area contributed by atoms with E-state index >= 15 is 0 Å². The van der Waals surface area contributed by atoms with Gasteiger partial charge in [-0.3, -0.25) is 4.79 Å². The van der Waals surface area contributed by atoms with E-state index in [0.29, 0.717) is 11.5 Å². The highest BCUT2D eigenvalue weighted by atomic mass is 35.5. The van der Waals surface area contributed by atoms with Crippen molar-refractivity contribution in [1.29, 1.82) is 0 Å². The number of alkyl halides is 1. The molecule has 1 rings (SSSR count). The van der Waals surface area contributed by atoms with Crippen LogP contribution < -0.4 is 9.47 Å². The fourth-order valence-electron chi connectivity index (χ4n) is 1.29. The first kappa shape index (κ1) is 13.6. The Labute approximate surface area is 105 Å². The zero-order valence-electron chi connectivity index (χ0n) is 9.77. The van der Waals surface area contributed by atoms with Crippen LogP contribution in [0.15, 0.2) is 18.2 Å². The highest BCUT2D eigenvalue weighted by Crippen LogP contribution is 2.28. The van der Waals surface area contributed by atoms with Gasteiger partial charge in [0.15, 0.2) is 16.9 Å². The van der Waals surface area contributed by atoms with Gasteiger partial charge in [0.1, 0.15) is 6.61 Å². The molecule has 0 saturated carbocycles.